The average molecular weight is 265 g/mol. The van der Waals surface area contributed by atoms with Gasteiger partial charge in [-0.15, -0.1) is 0 Å². The molecule has 1 amide bonds. The highest BCUT2D eigenvalue weighted by Gasteiger charge is 2.53. The minimum Gasteiger partial charge on any atom is -0.466 e. The number of likely N-dealkylation sites (N-methyl/N-ethyl adjacent to an activating group) is 1. The van der Waals surface area contributed by atoms with Crippen LogP contribution in [-0.4, -0.2) is 49.6 Å². The molecule has 1 aliphatic carbocycles. The molecule has 6 nitrogen and oxygen atoms in total. The molecule has 0 saturated carbocycles. The fraction of sp³-hybridized carbons (Fsp3) is 0.462. The van der Waals surface area contributed by atoms with Crippen molar-refractivity contribution < 1.29 is 23.9 Å². The molecule has 0 N–H and O–H groups in total. The van der Waals surface area contributed by atoms with Crippen LogP contribution in [-0.2, 0) is 23.9 Å². The Balaban J connectivity index is 2.71. The molecule has 2 atom stereocenters. The monoisotopic (exact) mass is 265 g/mol. The van der Waals surface area contributed by atoms with Crippen molar-refractivity contribution in [3.05, 3.63) is 23.3 Å². The quantitative estimate of drug-likeness (QED) is 0.521. The fourth-order valence-electron chi connectivity index (χ4n) is 2.57. The second-order valence-corrected chi connectivity index (χ2v) is 4.65. The molecular weight excluding hydrogens is 250 g/mol. The standard InChI is InChI=1S/C13H15NO5/c1-13-6-5-7(10(15)14(13)2)8(11(16)18-3)9(13)12(17)19-4/h5-7H,1-4H3/t7-,13+/m0/s1. The highest BCUT2D eigenvalue weighted by atomic mass is 16.5. The van der Waals surface area contributed by atoms with Crippen molar-refractivity contribution >= 4 is 17.8 Å². The van der Waals surface area contributed by atoms with Gasteiger partial charge in [0, 0.05) is 7.05 Å². The van der Waals surface area contributed by atoms with Crippen molar-refractivity contribution in [3.63, 3.8) is 0 Å². The van der Waals surface area contributed by atoms with E-state index >= 15 is 0 Å². The van der Waals surface area contributed by atoms with Gasteiger partial charge in [0.25, 0.3) is 0 Å². The molecule has 2 aliphatic heterocycles. The Kier molecular flexibility index (Phi) is 2.96. The second kappa shape index (κ2) is 4.22. The van der Waals surface area contributed by atoms with Gasteiger partial charge in [-0.1, -0.05) is 12.2 Å². The van der Waals surface area contributed by atoms with E-state index < -0.39 is 23.4 Å². The molecule has 3 aliphatic rings. The van der Waals surface area contributed by atoms with Crippen LogP contribution in [0.3, 0.4) is 0 Å². The van der Waals surface area contributed by atoms with Crippen molar-refractivity contribution in [2.45, 2.75) is 12.5 Å². The number of rotatable bonds is 2. The zero-order valence-corrected chi connectivity index (χ0v) is 11.2. The summed E-state index contributed by atoms with van der Waals surface area (Å²) >= 11 is 0. The largest absolute Gasteiger partial charge is 0.466 e. The predicted octanol–water partition coefficient (Wildman–Crippen LogP) is 0.0457. The van der Waals surface area contributed by atoms with Crippen molar-refractivity contribution in [1.29, 1.82) is 0 Å². The minimum atomic E-state index is -0.984. The lowest BCUT2D eigenvalue weighted by Crippen LogP contribution is -2.59. The first-order chi connectivity index (χ1) is 8.88. The Morgan fingerprint density at radius 3 is 2.37 bits per heavy atom. The lowest BCUT2D eigenvalue weighted by Gasteiger charge is -2.47. The van der Waals surface area contributed by atoms with E-state index in [2.05, 4.69) is 4.74 Å². The summed E-state index contributed by atoms with van der Waals surface area (Å²) in [4.78, 5) is 37.5. The van der Waals surface area contributed by atoms with Crippen molar-refractivity contribution in [2.75, 3.05) is 21.3 Å². The number of nitrogens with zero attached hydrogens (tertiary/aromatic N) is 1. The van der Waals surface area contributed by atoms with Gasteiger partial charge in [0.1, 0.15) is 0 Å². The van der Waals surface area contributed by atoms with E-state index in [1.165, 1.54) is 19.1 Å². The SMILES string of the molecule is COC(=O)C1=C(C(=O)OC)[C@@]2(C)C=C[C@@H]1C(=O)N2C. The summed E-state index contributed by atoms with van der Waals surface area (Å²) in [5, 5.41) is 0. The Hall–Kier alpha value is -2.11. The number of carbonyl (C=O) groups excluding carboxylic acids is 3. The first kappa shape index (κ1) is 13.3. The van der Waals surface area contributed by atoms with Gasteiger partial charge < -0.3 is 14.4 Å². The van der Waals surface area contributed by atoms with Crippen LogP contribution in [0.2, 0.25) is 0 Å². The zero-order valence-electron chi connectivity index (χ0n) is 11.2. The first-order valence-electron chi connectivity index (χ1n) is 5.76. The van der Waals surface area contributed by atoms with Crippen molar-refractivity contribution in [1.82, 2.24) is 4.90 Å². The van der Waals surface area contributed by atoms with E-state index in [0.717, 1.165) is 0 Å². The zero-order chi connectivity index (χ0) is 14.4. The third-order valence-corrected chi connectivity index (χ3v) is 3.79. The summed E-state index contributed by atoms with van der Waals surface area (Å²) < 4.78 is 9.43. The van der Waals surface area contributed by atoms with Gasteiger partial charge in [0.15, 0.2) is 0 Å². The summed E-state index contributed by atoms with van der Waals surface area (Å²) in [7, 11) is 4.05. The number of methoxy groups -OCH3 is 2. The fourth-order valence-corrected chi connectivity index (χ4v) is 2.57. The summed E-state index contributed by atoms with van der Waals surface area (Å²) in [6.45, 7) is 1.69. The van der Waals surface area contributed by atoms with E-state index in [-0.39, 0.29) is 17.1 Å². The number of hydrogen-bond donors (Lipinski definition) is 0. The van der Waals surface area contributed by atoms with Gasteiger partial charge >= 0.3 is 11.9 Å². The van der Waals surface area contributed by atoms with Crippen LogP contribution < -0.4 is 0 Å². The molecule has 0 saturated heterocycles. The molecule has 0 aromatic heterocycles. The maximum atomic E-state index is 12.2. The second-order valence-electron chi connectivity index (χ2n) is 4.65. The van der Waals surface area contributed by atoms with Gasteiger partial charge in [-0.2, -0.15) is 0 Å². The van der Waals surface area contributed by atoms with E-state index in [0.29, 0.717) is 0 Å². The minimum absolute atomic E-state index is 0.0717. The molecular formula is C13H15NO5. The van der Waals surface area contributed by atoms with Gasteiger partial charge in [-0.25, -0.2) is 9.59 Å². The van der Waals surface area contributed by atoms with Gasteiger partial charge in [-0.05, 0) is 6.92 Å². The molecule has 0 aromatic carbocycles. The van der Waals surface area contributed by atoms with Crippen LogP contribution in [0.5, 0.6) is 0 Å². The number of esters is 2. The lowest BCUT2D eigenvalue weighted by atomic mass is 9.71. The molecule has 19 heavy (non-hydrogen) atoms. The molecule has 102 valence electrons. The van der Waals surface area contributed by atoms with Gasteiger partial charge in [0.2, 0.25) is 5.91 Å². The Labute approximate surface area is 110 Å². The Morgan fingerprint density at radius 1 is 1.26 bits per heavy atom. The summed E-state index contributed by atoms with van der Waals surface area (Å²) in [6.07, 6.45) is 3.36. The Morgan fingerprint density at radius 2 is 1.84 bits per heavy atom. The first-order valence-corrected chi connectivity index (χ1v) is 5.76. The molecule has 0 radical (unpaired) electrons. The van der Waals surface area contributed by atoms with E-state index in [1.54, 1.807) is 26.1 Å². The number of ether oxygens (including phenoxy) is 2. The smallest absolute Gasteiger partial charge is 0.337 e. The summed E-state index contributed by atoms with van der Waals surface area (Å²) in [6, 6.07) is 0. The van der Waals surface area contributed by atoms with Crippen LogP contribution in [0.1, 0.15) is 6.92 Å². The number of fused-ring (bicyclic) bond motifs is 1. The molecule has 3 rings (SSSR count). The third-order valence-electron chi connectivity index (χ3n) is 3.79. The van der Waals surface area contributed by atoms with Crippen LogP contribution in [0.25, 0.3) is 0 Å². The van der Waals surface area contributed by atoms with E-state index in [1.807, 2.05) is 0 Å². The average Bonchev–Trinajstić information content (AvgIpc) is 2.42. The normalized spacial score (nSPS) is 28.7. The maximum Gasteiger partial charge on any atom is 0.337 e. The number of carbonyl (C=O) groups is 3. The summed E-state index contributed by atoms with van der Waals surface area (Å²) in [5.41, 5.74) is -0.749. The molecule has 2 bridgehead atoms. The van der Waals surface area contributed by atoms with Crippen molar-refractivity contribution in [2.24, 2.45) is 5.92 Å². The molecule has 6 heteroatoms. The van der Waals surface area contributed by atoms with Crippen molar-refractivity contribution in [3.8, 4) is 0 Å². The maximum absolute atomic E-state index is 12.2. The van der Waals surface area contributed by atoms with E-state index in [9.17, 15) is 14.4 Å². The third kappa shape index (κ3) is 1.59. The highest BCUT2D eigenvalue weighted by molar-refractivity contribution is 6.10. The molecule has 0 unspecified atom stereocenters. The van der Waals surface area contributed by atoms with Crippen LogP contribution in [0, 0.1) is 5.92 Å². The summed E-state index contributed by atoms with van der Waals surface area (Å²) in [5.74, 6) is -2.33. The van der Waals surface area contributed by atoms with Crippen LogP contribution >= 0.6 is 0 Å². The van der Waals surface area contributed by atoms with Crippen LogP contribution in [0.4, 0.5) is 0 Å². The number of hydrogen-bond acceptors (Lipinski definition) is 5. The lowest BCUT2D eigenvalue weighted by molar-refractivity contribution is -0.147. The van der Waals surface area contributed by atoms with Crippen LogP contribution in [0.15, 0.2) is 23.3 Å². The highest BCUT2D eigenvalue weighted by Crippen LogP contribution is 2.43. The Bertz CT molecular complexity index is 533. The van der Waals surface area contributed by atoms with Gasteiger partial charge in [-0.3, -0.25) is 4.79 Å². The molecule has 0 spiro atoms. The molecule has 0 aromatic rings. The van der Waals surface area contributed by atoms with Gasteiger partial charge in [0.05, 0.1) is 36.8 Å². The van der Waals surface area contributed by atoms with E-state index in [4.69, 9.17) is 4.74 Å². The topological polar surface area (TPSA) is 72.9 Å². The molecule has 2 heterocycles. The predicted molar refractivity (Wildman–Crippen MR) is 64.9 cm³/mol. The molecule has 0 fully saturated rings. The number of amides is 1.